The van der Waals surface area contributed by atoms with Gasteiger partial charge in [-0.3, -0.25) is 4.72 Å². The highest BCUT2D eigenvalue weighted by atomic mass is 35.5. The van der Waals surface area contributed by atoms with Crippen LogP contribution in [0.1, 0.15) is 17.5 Å². The summed E-state index contributed by atoms with van der Waals surface area (Å²) in [6.45, 7) is 3.78. The van der Waals surface area contributed by atoms with Gasteiger partial charge in [0.2, 0.25) is 0 Å². The predicted octanol–water partition coefficient (Wildman–Crippen LogP) is 4.60. The molecule has 1 saturated heterocycles. The molecular formula is C21H22ClFN4O2S2. The number of sulfonamides is 1. The zero-order valence-electron chi connectivity index (χ0n) is 16.6. The van der Waals surface area contributed by atoms with Crippen molar-refractivity contribution in [2.45, 2.75) is 24.3 Å². The standard InChI is InChI=1S/C21H22ClFN4O2S2/c22-17-10-20(31(28,29)26-21-13-30-14-25-21)18(23)11-19(17)24-12-16-5-2-1-4-15(16)6-9-27-7-3-8-27/h1-2,4-5,10-11,13-14,24,26H,3,6-9,12H2. The van der Waals surface area contributed by atoms with Gasteiger partial charge in [0.1, 0.15) is 10.7 Å². The molecular weight excluding hydrogens is 459 g/mol. The molecule has 1 aliphatic heterocycles. The van der Waals surface area contributed by atoms with Gasteiger partial charge in [0, 0.05) is 18.5 Å². The summed E-state index contributed by atoms with van der Waals surface area (Å²) in [5.74, 6) is -0.752. The first-order valence-electron chi connectivity index (χ1n) is 9.85. The van der Waals surface area contributed by atoms with Crippen molar-refractivity contribution < 1.29 is 12.8 Å². The van der Waals surface area contributed by atoms with Crippen LogP contribution in [0.2, 0.25) is 5.02 Å². The summed E-state index contributed by atoms with van der Waals surface area (Å²) < 4.78 is 41.9. The molecule has 2 aromatic carbocycles. The first-order valence-corrected chi connectivity index (χ1v) is 12.7. The van der Waals surface area contributed by atoms with Crippen LogP contribution in [0.25, 0.3) is 0 Å². The van der Waals surface area contributed by atoms with E-state index >= 15 is 0 Å². The van der Waals surface area contributed by atoms with Crippen LogP contribution in [0.15, 0.2) is 52.2 Å². The average molecular weight is 481 g/mol. The molecule has 0 radical (unpaired) electrons. The van der Waals surface area contributed by atoms with Crippen LogP contribution in [0.5, 0.6) is 0 Å². The number of halogens is 2. The lowest BCUT2D eigenvalue weighted by molar-refractivity contribution is 0.184. The molecule has 4 rings (SSSR count). The molecule has 0 saturated carbocycles. The summed E-state index contributed by atoms with van der Waals surface area (Å²) in [6.07, 6.45) is 2.21. The van der Waals surface area contributed by atoms with Crippen molar-refractivity contribution in [1.29, 1.82) is 0 Å². The highest BCUT2D eigenvalue weighted by Gasteiger charge is 2.22. The van der Waals surface area contributed by atoms with Crippen molar-refractivity contribution in [2.75, 3.05) is 29.7 Å². The maximum Gasteiger partial charge on any atom is 0.266 e. The topological polar surface area (TPSA) is 74.3 Å². The summed E-state index contributed by atoms with van der Waals surface area (Å²) in [5, 5.41) is 4.78. The summed E-state index contributed by atoms with van der Waals surface area (Å²) in [7, 11) is -4.14. The van der Waals surface area contributed by atoms with E-state index in [0.717, 1.165) is 43.8 Å². The Morgan fingerprint density at radius 3 is 2.65 bits per heavy atom. The SMILES string of the molecule is O=S(=O)(Nc1cscn1)c1cc(Cl)c(NCc2ccccc2CCN2CCC2)cc1F. The number of aromatic nitrogens is 1. The normalized spacial score (nSPS) is 14.3. The fourth-order valence-corrected chi connectivity index (χ4v) is 5.31. The third kappa shape index (κ3) is 5.35. The Labute approximate surface area is 190 Å². The molecule has 3 aromatic rings. The zero-order valence-corrected chi connectivity index (χ0v) is 19.0. The molecule has 0 bridgehead atoms. The van der Waals surface area contributed by atoms with Gasteiger partial charge < -0.3 is 10.2 Å². The minimum Gasteiger partial charge on any atom is -0.380 e. The molecule has 0 aliphatic carbocycles. The molecule has 1 fully saturated rings. The second kappa shape index (κ2) is 9.52. The van der Waals surface area contributed by atoms with Crippen LogP contribution in [0.3, 0.4) is 0 Å². The highest BCUT2D eigenvalue weighted by molar-refractivity contribution is 7.92. The average Bonchev–Trinajstić information content (AvgIpc) is 3.20. The maximum absolute atomic E-state index is 14.7. The summed E-state index contributed by atoms with van der Waals surface area (Å²) in [5.41, 5.74) is 4.14. The second-order valence-corrected chi connectivity index (χ2v) is 10.1. The Morgan fingerprint density at radius 2 is 1.97 bits per heavy atom. The van der Waals surface area contributed by atoms with Gasteiger partial charge in [0.25, 0.3) is 10.0 Å². The van der Waals surface area contributed by atoms with E-state index in [0.29, 0.717) is 12.2 Å². The molecule has 0 unspecified atom stereocenters. The van der Waals surface area contributed by atoms with Crippen LogP contribution in [-0.4, -0.2) is 37.9 Å². The smallest absolute Gasteiger partial charge is 0.266 e. The highest BCUT2D eigenvalue weighted by Crippen LogP contribution is 2.30. The fraction of sp³-hybridized carbons (Fsp3) is 0.286. The summed E-state index contributed by atoms with van der Waals surface area (Å²) in [6, 6.07) is 10.3. The van der Waals surface area contributed by atoms with Crippen LogP contribution in [0.4, 0.5) is 15.9 Å². The van der Waals surface area contributed by atoms with Gasteiger partial charge in [-0.1, -0.05) is 35.9 Å². The molecule has 1 aliphatic rings. The van der Waals surface area contributed by atoms with Crippen LogP contribution in [0, 0.1) is 5.82 Å². The number of thiazole rings is 1. The monoisotopic (exact) mass is 480 g/mol. The summed E-state index contributed by atoms with van der Waals surface area (Å²) in [4.78, 5) is 5.75. The number of nitrogens with zero attached hydrogens (tertiary/aromatic N) is 2. The Hall–Kier alpha value is -2.20. The Bertz CT molecular complexity index is 1150. The molecule has 0 atom stereocenters. The van der Waals surface area contributed by atoms with Gasteiger partial charge in [-0.05, 0) is 49.2 Å². The van der Waals surface area contributed by atoms with Crippen molar-refractivity contribution in [3.8, 4) is 0 Å². The Kier molecular flexibility index (Phi) is 6.76. The molecule has 10 heteroatoms. The van der Waals surface area contributed by atoms with E-state index in [4.69, 9.17) is 11.6 Å². The molecule has 0 amide bonds. The van der Waals surface area contributed by atoms with E-state index in [1.165, 1.54) is 34.2 Å². The van der Waals surface area contributed by atoms with E-state index < -0.39 is 20.7 Å². The van der Waals surface area contributed by atoms with Gasteiger partial charge in [-0.25, -0.2) is 17.8 Å². The summed E-state index contributed by atoms with van der Waals surface area (Å²) >= 11 is 7.51. The number of rotatable bonds is 9. The van der Waals surface area contributed by atoms with Gasteiger partial charge >= 0.3 is 0 Å². The molecule has 2 heterocycles. The van der Waals surface area contributed by atoms with Crippen LogP contribution in [-0.2, 0) is 23.0 Å². The van der Waals surface area contributed by atoms with E-state index in [-0.39, 0.29) is 10.8 Å². The largest absolute Gasteiger partial charge is 0.380 e. The van der Waals surface area contributed by atoms with Gasteiger partial charge in [-0.2, -0.15) is 0 Å². The quantitative estimate of drug-likeness (QED) is 0.468. The number of anilines is 2. The zero-order chi connectivity index (χ0) is 21.8. The van der Waals surface area contributed by atoms with Gasteiger partial charge in [-0.15, -0.1) is 11.3 Å². The minimum atomic E-state index is -4.14. The third-order valence-electron chi connectivity index (χ3n) is 5.22. The second-order valence-electron chi connectivity index (χ2n) is 7.31. The lowest BCUT2D eigenvalue weighted by atomic mass is 10.0. The van der Waals surface area contributed by atoms with E-state index in [2.05, 4.69) is 26.0 Å². The number of nitrogens with one attached hydrogen (secondary N) is 2. The Balaban J connectivity index is 1.47. The van der Waals surface area contributed by atoms with E-state index in [1.54, 1.807) is 0 Å². The molecule has 2 N–H and O–H groups in total. The molecule has 31 heavy (non-hydrogen) atoms. The number of hydrogen-bond donors (Lipinski definition) is 2. The lowest BCUT2D eigenvalue weighted by Crippen LogP contribution is -2.38. The van der Waals surface area contributed by atoms with Crippen molar-refractivity contribution in [1.82, 2.24) is 9.88 Å². The lowest BCUT2D eigenvalue weighted by Gasteiger charge is -2.30. The molecule has 6 nitrogen and oxygen atoms in total. The Morgan fingerprint density at radius 1 is 1.19 bits per heavy atom. The first-order chi connectivity index (χ1) is 14.9. The minimum absolute atomic E-state index is 0.123. The molecule has 164 valence electrons. The molecule has 0 spiro atoms. The van der Waals surface area contributed by atoms with Gasteiger partial charge in [0.05, 0.1) is 16.2 Å². The van der Waals surface area contributed by atoms with Crippen molar-refractivity contribution in [2.24, 2.45) is 0 Å². The number of hydrogen-bond acceptors (Lipinski definition) is 6. The fourth-order valence-electron chi connectivity index (χ4n) is 3.37. The molecule has 1 aromatic heterocycles. The van der Waals surface area contributed by atoms with E-state index in [1.807, 2.05) is 18.2 Å². The third-order valence-corrected chi connectivity index (χ3v) is 7.48. The van der Waals surface area contributed by atoms with Crippen molar-refractivity contribution in [3.63, 3.8) is 0 Å². The van der Waals surface area contributed by atoms with Crippen LogP contribution >= 0.6 is 22.9 Å². The first kappa shape index (κ1) is 22.0. The van der Waals surface area contributed by atoms with Crippen molar-refractivity contribution in [3.05, 3.63) is 69.3 Å². The number of likely N-dealkylation sites (tertiary alicyclic amines) is 1. The predicted molar refractivity (Wildman–Crippen MR) is 123 cm³/mol. The van der Waals surface area contributed by atoms with Crippen molar-refractivity contribution >= 4 is 44.5 Å². The maximum atomic E-state index is 14.7. The van der Waals surface area contributed by atoms with Gasteiger partial charge in [0.15, 0.2) is 5.82 Å². The van der Waals surface area contributed by atoms with Crippen LogP contribution < -0.4 is 10.0 Å². The number of benzene rings is 2. The van der Waals surface area contributed by atoms with E-state index in [9.17, 15) is 12.8 Å².